The van der Waals surface area contributed by atoms with E-state index in [1.165, 1.54) is 17.8 Å². The van der Waals surface area contributed by atoms with Gasteiger partial charge in [0.25, 0.3) is 0 Å². The number of aliphatic hydroxyl groups excluding tert-OH is 1. The van der Waals surface area contributed by atoms with Crippen LogP contribution in [0.2, 0.25) is 0 Å². The van der Waals surface area contributed by atoms with Crippen LogP contribution >= 0.6 is 11.8 Å². The second-order valence-corrected chi connectivity index (χ2v) is 7.47. The normalized spacial score (nSPS) is 14.9. The van der Waals surface area contributed by atoms with E-state index in [0.717, 1.165) is 24.4 Å². The van der Waals surface area contributed by atoms with Crippen LogP contribution in [0.4, 0.5) is 4.39 Å². The van der Waals surface area contributed by atoms with Crippen LogP contribution in [0.15, 0.2) is 59.8 Å². The molecule has 3 aromatic rings. The molecule has 0 radical (unpaired) electrons. The van der Waals surface area contributed by atoms with Gasteiger partial charge in [-0.05, 0) is 37.1 Å². The van der Waals surface area contributed by atoms with Gasteiger partial charge in [0.1, 0.15) is 12.4 Å². The molecule has 0 aliphatic heterocycles. The molecule has 7 heteroatoms. The second-order valence-electron chi connectivity index (χ2n) is 6.48. The summed E-state index contributed by atoms with van der Waals surface area (Å²) in [5.74, 6) is 1.51. The second kappa shape index (κ2) is 8.10. The summed E-state index contributed by atoms with van der Waals surface area (Å²) in [6.07, 6.45) is 1.52. The van der Waals surface area contributed by atoms with Crippen molar-refractivity contribution in [3.05, 3.63) is 66.2 Å². The first-order valence-electron chi connectivity index (χ1n) is 8.91. The van der Waals surface area contributed by atoms with Crippen molar-refractivity contribution < 1.29 is 14.2 Å². The minimum atomic E-state index is -0.748. The van der Waals surface area contributed by atoms with E-state index in [-0.39, 0.29) is 12.4 Å². The van der Waals surface area contributed by atoms with Crippen LogP contribution in [0.3, 0.4) is 0 Å². The van der Waals surface area contributed by atoms with Crippen molar-refractivity contribution in [3.8, 4) is 11.4 Å². The van der Waals surface area contributed by atoms with Gasteiger partial charge in [0.15, 0.2) is 11.6 Å². The number of nitrogens with zero attached hydrogens (tertiary/aromatic N) is 3. The average molecular weight is 385 g/mol. The molecule has 0 amide bonds. The van der Waals surface area contributed by atoms with Crippen LogP contribution in [0.25, 0.3) is 5.69 Å². The molecule has 0 spiro atoms. The number of halogens is 1. The Bertz CT molecular complexity index is 899. The lowest BCUT2D eigenvalue weighted by molar-refractivity contribution is 0.123. The molecule has 1 N–H and O–H groups in total. The number of rotatable bonds is 8. The van der Waals surface area contributed by atoms with Crippen molar-refractivity contribution in [2.24, 2.45) is 0 Å². The number of ether oxygens (including phenoxy) is 1. The molecule has 1 fully saturated rings. The molecule has 0 bridgehead atoms. The van der Waals surface area contributed by atoms with Crippen LogP contribution in [-0.2, 0) is 0 Å². The molecule has 5 nitrogen and oxygen atoms in total. The Morgan fingerprint density at radius 2 is 1.89 bits per heavy atom. The van der Waals surface area contributed by atoms with E-state index in [9.17, 15) is 9.50 Å². The maximum absolute atomic E-state index is 13.5. The Balaban J connectivity index is 1.37. The Morgan fingerprint density at radius 3 is 2.63 bits per heavy atom. The minimum absolute atomic E-state index is 0.0167. The number of hydrogen-bond acceptors (Lipinski definition) is 5. The van der Waals surface area contributed by atoms with Gasteiger partial charge in [0, 0.05) is 11.7 Å². The zero-order valence-electron chi connectivity index (χ0n) is 14.7. The highest BCUT2D eigenvalue weighted by molar-refractivity contribution is 7.99. The molecule has 1 atom stereocenters. The topological polar surface area (TPSA) is 60.2 Å². The number of aliphatic hydroxyl groups is 1. The van der Waals surface area contributed by atoms with Gasteiger partial charge in [-0.25, -0.2) is 14.1 Å². The molecule has 1 aromatic heterocycles. The highest BCUT2D eigenvalue weighted by atomic mass is 32.2. The number of benzene rings is 2. The third kappa shape index (κ3) is 4.48. The minimum Gasteiger partial charge on any atom is -0.488 e. The first-order chi connectivity index (χ1) is 13.2. The van der Waals surface area contributed by atoms with Crippen LogP contribution in [-0.4, -0.2) is 38.3 Å². The monoisotopic (exact) mass is 385 g/mol. The summed E-state index contributed by atoms with van der Waals surface area (Å²) in [5, 5.41) is 15.4. The van der Waals surface area contributed by atoms with Crippen molar-refractivity contribution in [1.29, 1.82) is 0 Å². The Morgan fingerprint density at radius 1 is 1.15 bits per heavy atom. The Hall–Kier alpha value is -2.38. The zero-order chi connectivity index (χ0) is 18.6. The summed E-state index contributed by atoms with van der Waals surface area (Å²) in [6, 6.07) is 16.1. The molecule has 140 valence electrons. The third-order valence-corrected chi connectivity index (χ3v) is 5.21. The summed E-state index contributed by atoms with van der Waals surface area (Å²) in [6.45, 7) is 0.0167. The van der Waals surface area contributed by atoms with Crippen molar-refractivity contribution in [2.45, 2.75) is 30.0 Å². The predicted octanol–water partition coefficient (Wildman–Crippen LogP) is 3.82. The van der Waals surface area contributed by atoms with Crippen LogP contribution in [0, 0.1) is 5.82 Å². The van der Waals surface area contributed by atoms with E-state index in [2.05, 4.69) is 10.1 Å². The summed E-state index contributed by atoms with van der Waals surface area (Å²) in [4.78, 5) is 4.66. The van der Waals surface area contributed by atoms with Gasteiger partial charge in [-0.15, -0.1) is 5.10 Å². The molecule has 2 aromatic carbocycles. The quantitative estimate of drug-likeness (QED) is 0.598. The van der Waals surface area contributed by atoms with E-state index in [4.69, 9.17) is 4.74 Å². The summed E-state index contributed by atoms with van der Waals surface area (Å²) in [7, 11) is 0. The molecule has 4 rings (SSSR count). The van der Waals surface area contributed by atoms with E-state index in [0.29, 0.717) is 16.8 Å². The number of thioether (sulfide) groups is 1. The summed E-state index contributed by atoms with van der Waals surface area (Å²) in [5.41, 5.74) is 0.988. The van der Waals surface area contributed by atoms with Crippen LogP contribution < -0.4 is 4.74 Å². The highest BCUT2D eigenvalue weighted by Crippen LogP contribution is 2.40. The lowest BCUT2D eigenvalue weighted by Gasteiger charge is -2.11. The predicted molar refractivity (Wildman–Crippen MR) is 102 cm³/mol. The summed E-state index contributed by atoms with van der Waals surface area (Å²) < 4.78 is 20.8. The van der Waals surface area contributed by atoms with Gasteiger partial charge in [-0.1, -0.05) is 42.1 Å². The van der Waals surface area contributed by atoms with Crippen molar-refractivity contribution in [3.63, 3.8) is 0 Å². The molecular weight excluding hydrogens is 365 g/mol. The van der Waals surface area contributed by atoms with E-state index in [1.807, 2.05) is 35.0 Å². The SMILES string of the molecule is O[C@H](COc1ccccc1F)CSc1nc(C2CC2)n(-c2ccccc2)n1. The van der Waals surface area contributed by atoms with Gasteiger partial charge in [-0.3, -0.25) is 0 Å². The molecule has 1 aliphatic carbocycles. The average Bonchev–Trinajstić information content (AvgIpc) is 3.46. The van der Waals surface area contributed by atoms with Gasteiger partial charge in [0.05, 0.1) is 11.8 Å². The maximum atomic E-state index is 13.5. The first-order valence-corrected chi connectivity index (χ1v) is 9.90. The maximum Gasteiger partial charge on any atom is 0.209 e. The summed E-state index contributed by atoms with van der Waals surface area (Å²) >= 11 is 1.38. The molecule has 1 heterocycles. The zero-order valence-corrected chi connectivity index (χ0v) is 15.5. The van der Waals surface area contributed by atoms with Gasteiger partial charge in [0.2, 0.25) is 5.16 Å². The standard InChI is InChI=1S/C20H20FN3O2S/c21-17-8-4-5-9-18(17)26-12-16(25)13-27-20-22-19(14-10-11-14)24(23-20)15-6-2-1-3-7-15/h1-9,14,16,25H,10-13H2/t16-/m1/s1. The molecule has 1 aliphatic rings. The highest BCUT2D eigenvalue weighted by Gasteiger charge is 2.30. The van der Waals surface area contributed by atoms with Crippen molar-refractivity contribution in [1.82, 2.24) is 14.8 Å². The third-order valence-electron chi connectivity index (χ3n) is 4.23. The Labute approximate surface area is 161 Å². The largest absolute Gasteiger partial charge is 0.488 e. The first kappa shape index (κ1) is 18.0. The molecule has 0 saturated heterocycles. The van der Waals surface area contributed by atoms with Gasteiger partial charge < -0.3 is 9.84 Å². The van der Waals surface area contributed by atoms with Crippen molar-refractivity contribution in [2.75, 3.05) is 12.4 Å². The van der Waals surface area contributed by atoms with Crippen molar-refractivity contribution >= 4 is 11.8 Å². The fourth-order valence-electron chi connectivity index (χ4n) is 2.70. The molecule has 1 saturated carbocycles. The van der Waals surface area contributed by atoms with Gasteiger partial charge >= 0.3 is 0 Å². The fourth-order valence-corrected chi connectivity index (χ4v) is 3.43. The smallest absolute Gasteiger partial charge is 0.209 e. The van der Waals surface area contributed by atoms with E-state index < -0.39 is 11.9 Å². The van der Waals surface area contributed by atoms with E-state index in [1.54, 1.807) is 18.2 Å². The number of para-hydroxylation sites is 2. The molecule has 0 unspecified atom stereocenters. The number of aromatic nitrogens is 3. The lowest BCUT2D eigenvalue weighted by atomic mass is 10.3. The molecular formula is C20H20FN3O2S. The van der Waals surface area contributed by atoms with Crippen LogP contribution in [0.5, 0.6) is 5.75 Å². The molecule has 27 heavy (non-hydrogen) atoms. The lowest BCUT2D eigenvalue weighted by Crippen LogP contribution is -2.20. The van der Waals surface area contributed by atoms with E-state index >= 15 is 0 Å². The number of hydrogen-bond donors (Lipinski definition) is 1. The Kier molecular flexibility index (Phi) is 5.40. The van der Waals surface area contributed by atoms with Gasteiger partial charge in [-0.2, -0.15) is 0 Å². The van der Waals surface area contributed by atoms with Crippen LogP contribution in [0.1, 0.15) is 24.6 Å². The fraction of sp³-hybridized carbons (Fsp3) is 0.300.